The lowest BCUT2D eigenvalue weighted by Crippen LogP contribution is -2.33. The first-order valence-corrected chi connectivity index (χ1v) is 10.8. The topological polar surface area (TPSA) is 65.5 Å². The minimum Gasteiger partial charge on any atom is -0.391 e. The second-order valence-electron chi connectivity index (χ2n) is 8.39. The van der Waals surface area contributed by atoms with Gasteiger partial charge in [-0.1, -0.05) is 29.8 Å². The number of benzene rings is 1. The van der Waals surface area contributed by atoms with Crippen LogP contribution in [-0.2, 0) is 6.18 Å². The summed E-state index contributed by atoms with van der Waals surface area (Å²) in [5, 5.41) is 12.6. The summed E-state index contributed by atoms with van der Waals surface area (Å²) in [5.41, 5.74) is 0.986. The van der Waals surface area contributed by atoms with E-state index in [1.165, 1.54) is 18.3 Å². The van der Waals surface area contributed by atoms with Gasteiger partial charge >= 0.3 is 6.18 Å². The third-order valence-corrected chi connectivity index (χ3v) is 6.00. The number of pyridine rings is 1. The summed E-state index contributed by atoms with van der Waals surface area (Å²) in [5.74, 6) is 0.765. The number of amides is 1. The normalized spacial score (nSPS) is 17.8. The molecule has 5 nitrogen and oxygen atoms in total. The molecule has 0 radical (unpaired) electrons. The SMILES string of the molecule is O=C(NCC(O)C1CC1)c1ccc(N2CCC(=Cc3ccccc3C(F)(F)F)CC2)nc1. The molecule has 2 fully saturated rings. The van der Waals surface area contributed by atoms with Gasteiger partial charge in [-0.2, -0.15) is 13.2 Å². The number of alkyl halides is 3. The first-order valence-electron chi connectivity index (χ1n) is 10.8. The summed E-state index contributed by atoms with van der Waals surface area (Å²) in [6.45, 7) is 1.53. The van der Waals surface area contributed by atoms with E-state index in [1.807, 2.05) is 0 Å². The van der Waals surface area contributed by atoms with Crippen LogP contribution in [0.1, 0.15) is 47.2 Å². The third kappa shape index (κ3) is 5.48. The number of piperidine rings is 1. The van der Waals surface area contributed by atoms with E-state index in [-0.39, 0.29) is 18.0 Å². The van der Waals surface area contributed by atoms with Gasteiger partial charge in [0.2, 0.25) is 0 Å². The molecular weight excluding hydrogens is 419 g/mol. The van der Waals surface area contributed by atoms with E-state index >= 15 is 0 Å². The number of aliphatic hydroxyl groups excluding tert-OH is 1. The largest absolute Gasteiger partial charge is 0.416 e. The van der Waals surface area contributed by atoms with Crippen LogP contribution in [0.3, 0.4) is 0 Å². The highest BCUT2D eigenvalue weighted by Gasteiger charge is 2.32. The van der Waals surface area contributed by atoms with Crippen molar-refractivity contribution in [1.82, 2.24) is 10.3 Å². The number of anilines is 1. The molecule has 2 aromatic rings. The van der Waals surface area contributed by atoms with Crippen molar-refractivity contribution in [2.45, 2.75) is 38.0 Å². The molecule has 1 aliphatic carbocycles. The van der Waals surface area contributed by atoms with Crippen molar-refractivity contribution in [2.24, 2.45) is 5.92 Å². The van der Waals surface area contributed by atoms with Crippen LogP contribution in [0.15, 0.2) is 48.2 Å². The molecule has 4 rings (SSSR count). The number of nitrogens with one attached hydrogen (secondary N) is 1. The number of carbonyl (C=O) groups is 1. The van der Waals surface area contributed by atoms with Crippen LogP contribution < -0.4 is 10.2 Å². The Morgan fingerprint density at radius 2 is 1.91 bits per heavy atom. The minimum atomic E-state index is -4.37. The molecule has 0 bridgehead atoms. The van der Waals surface area contributed by atoms with Crippen molar-refractivity contribution in [3.05, 3.63) is 64.9 Å². The second-order valence-corrected chi connectivity index (χ2v) is 8.39. The number of carbonyl (C=O) groups excluding carboxylic acids is 1. The Balaban J connectivity index is 1.33. The molecule has 1 aliphatic heterocycles. The summed E-state index contributed by atoms with van der Waals surface area (Å²) in [6.07, 6.45) is 1.61. The van der Waals surface area contributed by atoms with Gasteiger partial charge in [0, 0.05) is 25.8 Å². The fraction of sp³-hybridized carbons (Fsp3) is 0.417. The number of nitrogens with zero attached hydrogens (tertiary/aromatic N) is 2. The maximum atomic E-state index is 13.2. The molecule has 1 atom stereocenters. The smallest absolute Gasteiger partial charge is 0.391 e. The van der Waals surface area contributed by atoms with E-state index < -0.39 is 17.8 Å². The van der Waals surface area contributed by atoms with Crippen LogP contribution in [0.5, 0.6) is 0 Å². The molecule has 0 spiro atoms. The van der Waals surface area contributed by atoms with Gasteiger partial charge in [0.25, 0.3) is 5.91 Å². The molecule has 1 amide bonds. The number of rotatable bonds is 6. The van der Waals surface area contributed by atoms with Gasteiger partial charge in [-0.15, -0.1) is 0 Å². The fourth-order valence-electron chi connectivity index (χ4n) is 3.92. The van der Waals surface area contributed by atoms with Crippen LogP contribution in [0.2, 0.25) is 0 Å². The lowest BCUT2D eigenvalue weighted by atomic mass is 9.98. The number of hydrogen-bond donors (Lipinski definition) is 2. The molecule has 8 heteroatoms. The lowest BCUT2D eigenvalue weighted by Gasteiger charge is -2.29. The van der Waals surface area contributed by atoms with E-state index in [0.717, 1.165) is 30.3 Å². The molecule has 1 saturated heterocycles. The predicted octanol–water partition coefficient (Wildman–Crippen LogP) is 4.28. The number of aliphatic hydroxyl groups is 1. The van der Waals surface area contributed by atoms with Crippen molar-refractivity contribution in [3.63, 3.8) is 0 Å². The second kappa shape index (κ2) is 9.32. The van der Waals surface area contributed by atoms with Gasteiger partial charge in [0.05, 0.1) is 17.2 Å². The van der Waals surface area contributed by atoms with Crippen LogP contribution in [0.4, 0.5) is 19.0 Å². The van der Waals surface area contributed by atoms with Crippen LogP contribution in [0.25, 0.3) is 6.08 Å². The Hall–Kier alpha value is -2.87. The van der Waals surface area contributed by atoms with Gasteiger partial charge < -0.3 is 15.3 Å². The minimum absolute atomic E-state index is 0.198. The van der Waals surface area contributed by atoms with Crippen molar-refractivity contribution in [1.29, 1.82) is 0 Å². The molecular formula is C24H26F3N3O2. The van der Waals surface area contributed by atoms with Crippen molar-refractivity contribution < 1.29 is 23.1 Å². The van der Waals surface area contributed by atoms with E-state index in [2.05, 4.69) is 15.2 Å². The first-order chi connectivity index (χ1) is 15.3. The lowest BCUT2D eigenvalue weighted by molar-refractivity contribution is -0.137. The number of aromatic nitrogens is 1. The Labute approximate surface area is 185 Å². The highest BCUT2D eigenvalue weighted by molar-refractivity contribution is 5.94. The zero-order chi connectivity index (χ0) is 22.7. The molecule has 1 aromatic carbocycles. The average Bonchev–Trinajstić information content (AvgIpc) is 3.63. The molecule has 170 valence electrons. The monoisotopic (exact) mass is 445 g/mol. The Bertz CT molecular complexity index is 975. The summed E-state index contributed by atoms with van der Waals surface area (Å²) in [4.78, 5) is 18.7. The highest BCUT2D eigenvalue weighted by Crippen LogP contribution is 2.34. The summed E-state index contributed by atoms with van der Waals surface area (Å²) in [7, 11) is 0. The van der Waals surface area contributed by atoms with Gasteiger partial charge in [-0.25, -0.2) is 4.98 Å². The highest BCUT2D eigenvalue weighted by atomic mass is 19.4. The van der Waals surface area contributed by atoms with Crippen LogP contribution in [0, 0.1) is 5.92 Å². The van der Waals surface area contributed by atoms with E-state index in [4.69, 9.17) is 0 Å². The number of halogens is 3. The van der Waals surface area contributed by atoms with Crippen molar-refractivity contribution >= 4 is 17.8 Å². The van der Waals surface area contributed by atoms with Crippen molar-refractivity contribution in [3.8, 4) is 0 Å². The zero-order valence-electron chi connectivity index (χ0n) is 17.6. The molecule has 1 unspecified atom stereocenters. The fourth-order valence-corrected chi connectivity index (χ4v) is 3.92. The average molecular weight is 445 g/mol. The van der Waals surface area contributed by atoms with E-state index in [1.54, 1.807) is 24.3 Å². The molecule has 32 heavy (non-hydrogen) atoms. The Kier molecular flexibility index (Phi) is 6.50. The Morgan fingerprint density at radius 3 is 2.53 bits per heavy atom. The van der Waals surface area contributed by atoms with Gasteiger partial charge in [-0.05, 0) is 55.4 Å². The predicted molar refractivity (Wildman–Crippen MR) is 116 cm³/mol. The molecule has 2 aliphatic rings. The summed E-state index contributed by atoms with van der Waals surface area (Å²) in [6, 6.07) is 9.10. The van der Waals surface area contributed by atoms with Crippen molar-refractivity contribution in [2.75, 3.05) is 24.5 Å². The quantitative estimate of drug-likeness (QED) is 0.697. The number of hydrogen-bond acceptors (Lipinski definition) is 4. The molecule has 1 aromatic heterocycles. The maximum Gasteiger partial charge on any atom is 0.416 e. The summed E-state index contributed by atoms with van der Waals surface area (Å²) < 4.78 is 39.6. The van der Waals surface area contributed by atoms with Gasteiger partial charge in [0.15, 0.2) is 0 Å². The molecule has 1 saturated carbocycles. The van der Waals surface area contributed by atoms with E-state index in [9.17, 15) is 23.1 Å². The molecule has 2 heterocycles. The van der Waals surface area contributed by atoms with Gasteiger partial charge in [-0.3, -0.25) is 4.79 Å². The Morgan fingerprint density at radius 1 is 1.19 bits per heavy atom. The summed E-state index contributed by atoms with van der Waals surface area (Å²) >= 11 is 0. The molecule has 2 N–H and O–H groups in total. The standard InChI is InChI=1S/C24H26F3N3O2/c25-24(26,27)20-4-2-1-3-18(20)13-16-9-11-30(12-10-16)22-8-7-19(14-28-22)23(32)29-15-21(31)17-5-6-17/h1-4,7-8,13-14,17,21,31H,5-6,9-12,15H2,(H,29,32). The third-order valence-electron chi connectivity index (χ3n) is 6.00. The van der Waals surface area contributed by atoms with Crippen LogP contribution >= 0.6 is 0 Å². The maximum absolute atomic E-state index is 13.2. The zero-order valence-corrected chi connectivity index (χ0v) is 17.6. The first kappa shape index (κ1) is 22.3. The van der Waals surface area contributed by atoms with E-state index in [0.29, 0.717) is 37.4 Å². The van der Waals surface area contributed by atoms with Crippen LogP contribution in [-0.4, -0.2) is 41.7 Å². The van der Waals surface area contributed by atoms with Gasteiger partial charge in [0.1, 0.15) is 5.82 Å².